The number of nitrogens with zero attached hydrogens (tertiary/aromatic N) is 1. The molecule has 25 heavy (non-hydrogen) atoms. The zero-order valence-corrected chi connectivity index (χ0v) is 15.9. The van der Waals surface area contributed by atoms with Crippen molar-refractivity contribution in [2.75, 3.05) is 13.1 Å². The summed E-state index contributed by atoms with van der Waals surface area (Å²) in [6, 6.07) is 12.2. The highest BCUT2D eigenvalue weighted by Crippen LogP contribution is 2.16. The highest BCUT2D eigenvalue weighted by molar-refractivity contribution is 7.11. The number of rotatable bonds is 5. The van der Waals surface area contributed by atoms with Gasteiger partial charge < -0.3 is 15.0 Å². The number of morpholine rings is 1. The first-order valence-corrected chi connectivity index (χ1v) is 9.62. The fourth-order valence-corrected chi connectivity index (χ4v) is 4.06. The van der Waals surface area contributed by atoms with Crippen LogP contribution in [0.1, 0.15) is 39.5 Å². The van der Waals surface area contributed by atoms with Crippen molar-refractivity contribution in [3.05, 3.63) is 57.3 Å². The molecule has 2 atom stereocenters. The Labute approximate surface area is 153 Å². The Morgan fingerprint density at radius 2 is 1.80 bits per heavy atom. The zero-order chi connectivity index (χ0) is 17.8. The highest BCUT2D eigenvalue weighted by atomic mass is 32.1. The number of hydrogen-bond donors (Lipinski definition) is 1. The molecule has 1 amide bonds. The summed E-state index contributed by atoms with van der Waals surface area (Å²) in [6.45, 7) is 9.15. The largest absolute Gasteiger partial charge is 0.372 e. The van der Waals surface area contributed by atoms with E-state index in [-0.39, 0.29) is 18.1 Å². The minimum atomic E-state index is 0.0931. The summed E-state index contributed by atoms with van der Waals surface area (Å²) in [4.78, 5) is 17.2. The number of carbonyl (C=O) groups excluding carboxylic acids is 1. The third-order valence-electron chi connectivity index (χ3n) is 4.33. The lowest BCUT2D eigenvalue weighted by atomic mass is 10.1. The molecule has 2 aromatic rings. The van der Waals surface area contributed by atoms with Gasteiger partial charge in [0.15, 0.2) is 0 Å². The molecule has 1 N–H and O–H groups in total. The Balaban J connectivity index is 1.53. The topological polar surface area (TPSA) is 41.6 Å². The van der Waals surface area contributed by atoms with Crippen LogP contribution in [0, 0.1) is 6.92 Å². The van der Waals surface area contributed by atoms with Gasteiger partial charge in [0.25, 0.3) is 5.91 Å². The summed E-state index contributed by atoms with van der Waals surface area (Å²) in [6.07, 6.45) is 0.189. The molecular weight excluding hydrogens is 332 g/mol. The number of thiophene rings is 1. The van der Waals surface area contributed by atoms with Crippen molar-refractivity contribution < 1.29 is 9.53 Å². The second-order valence-electron chi connectivity index (χ2n) is 6.78. The third kappa shape index (κ3) is 4.91. The molecule has 0 spiro atoms. The highest BCUT2D eigenvalue weighted by Gasteiger charge is 2.26. The molecule has 1 aliphatic rings. The van der Waals surface area contributed by atoms with Gasteiger partial charge in [0, 0.05) is 41.5 Å². The van der Waals surface area contributed by atoms with Gasteiger partial charge in [-0.3, -0.25) is 4.79 Å². The van der Waals surface area contributed by atoms with Crippen LogP contribution in [-0.2, 0) is 17.8 Å². The molecule has 0 bridgehead atoms. The van der Waals surface area contributed by atoms with Crippen LogP contribution in [0.5, 0.6) is 0 Å². The third-order valence-corrected chi connectivity index (χ3v) is 5.33. The van der Waals surface area contributed by atoms with Crippen molar-refractivity contribution in [1.82, 2.24) is 10.2 Å². The Hall–Kier alpha value is -1.69. The first-order valence-electron chi connectivity index (χ1n) is 8.81. The predicted octanol–water partition coefficient (Wildman–Crippen LogP) is 3.60. The molecule has 1 aromatic carbocycles. The van der Waals surface area contributed by atoms with E-state index in [2.05, 4.69) is 24.4 Å². The lowest BCUT2D eigenvalue weighted by Gasteiger charge is -2.35. The molecule has 2 heterocycles. The molecule has 1 saturated heterocycles. The fraction of sp³-hybridized carbons (Fsp3) is 0.450. The van der Waals surface area contributed by atoms with E-state index in [4.69, 9.17) is 4.74 Å². The van der Waals surface area contributed by atoms with Gasteiger partial charge in [-0.05, 0) is 50.6 Å². The number of ether oxygens (including phenoxy) is 1. The van der Waals surface area contributed by atoms with E-state index in [0.29, 0.717) is 13.1 Å². The van der Waals surface area contributed by atoms with Crippen LogP contribution in [0.3, 0.4) is 0 Å². The van der Waals surface area contributed by atoms with E-state index >= 15 is 0 Å². The number of carbonyl (C=O) groups is 1. The molecule has 5 heteroatoms. The summed E-state index contributed by atoms with van der Waals surface area (Å²) < 4.78 is 5.70. The molecule has 0 aliphatic carbocycles. The summed E-state index contributed by atoms with van der Waals surface area (Å²) in [5.74, 6) is 0.0931. The summed E-state index contributed by atoms with van der Waals surface area (Å²) >= 11 is 1.82. The lowest BCUT2D eigenvalue weighted by Crippen LogP contribution is -2.48. The van der Waals surface area contributed by atoms with Crippen LogP contribution >= 0.6 is 11.3 Å². The first-order chi connectivity index (χ1) is 12.0. The molecule has 1 aliphatic heterocycles. The summed E-state index contributed by atoms with van der Waals surface area (Å²) in [7, 11) is 0. The van der Waals surface area contributed by atoms with Crippen LogP contribution in [0.25, 0.3) is 0 Å². The maximum absolute atomic E-state index is 12.7. The van der Waals surface area contributed by atoms with Crippen molar-refractivity contribution in [3.63, 3.8) is 0 Å². The second kappa shape index (κ2) is 8.13. The van der Waals surface area contributed by atoms with Gasteiger partial charge in [0.2, 0.25) is 0 Å². The Kier molecular flexibility index (Phi) is 5.89. The SMILES string of the molecule is Cc1ccc(CNCc2ccc(C(=O)N3CC(C)OC(C)C3)cc2)s1. The van der Waals surface area contributed by atoms with Gasteiger partial charge >= 0.3 is 0 Å². The summed E-state index contributed by atoms with van der Waals surface area (Å²) in [5, 5.41) is 3.45. The predicted molar refractivity (Wildman–Crippen MR) is 102 cm³/mol. The van der Waals surface area contributed by atoms with Crippen molar-refractivity contribution in [3.8, 4) is 0 Å². The van der Waals surface area contributed by atoms with Crippen molar-refractivity contribution in [2.45, 2.75) is 46.1 Å². The lowest BCUT2D eigenvalue weighted by molar-refractivity contribution is -0.0586. The maximum Gasteiger partial charge on any atom is 0.254 e. The van der Waals surface area contributed by atoms with Crippen LogP contribution in [-0.4, -0.2) is 36.1 Å². The van der Waals surface area contributed by atoms with E-state index in [1.54, 1.807) is 0 Å². The number of hydrogen-bond acceptors (Lipinski definition) is 4. The number of aryl methyl sites for hydroxylation is 1. The van der Waals surface area contributed by atoms with E-state index in [1.807, 2.05) is 54.3 Å². The van der Waals surface area contributed by atoms with Gasteiger partial charge in [-0.25, -0.2) is 0 Å². The van der Waals surface area contributed by atoms with E-state index < -0.39 is 0 Å². The fourth-order valence-electron chi connectivity index (χ4n) is 3.20. The second-order valence-corrected chi connectivity index (χ2v) is 8.15. The molecule has 134 valence electrons. The molecule has 1 aromatic heterocycles. The van der Waals surface area contributed by atoms with E-state index in [1.165, 1.54) is 15.3 Å². The average Bonchev–Trinajstić information content (AvgIpc) is 2.99. The van der Waals surface area contributed by atoms with E-state index in [0.717, 1.165) is 18.7 Å². The molecule has 0 saturated carbocycles. The zero-order valence-electron chi connectivity index (χ0n) is 15.1. The first kappa shape index (κ1) is 18.1. The number of amides is 1. The Bertz CT molecular complexity index is 701. The van der Waals surface area contributed by atoms with Gasteiger partial charge in [0.1, 0.15) is 0 Å². The number of nitrogens with one attached hydrogen (secondary N) is 1. The smallest absolute Gasteiger partial charge is 0.254 e. The minimum absolute atomic E-state index is 0.0931. The number of benzene rings is 1. The van der Waals surface area contributed by atoms with E-state index in [9.17, 15) is 4.79 Å². The maximum atomic E-state index is 12.7. The normalized spacial score (nSPS) is 20.7. The average molecular weight is 359 g/mol. The van der Waals surface area contributed by atoms with Crippen LogP contribution in [0.15, 0.2) is 36.4 Å². The van der Waals surface area contributed by atoms with Crippen LogP contribution in [0.2, 0.25) is 0 Å². The van der Waals surface area contributed by atoms with Crippen molar-refractivity contribution >= 4 is 17.2 Å². The molecule has 3 rings (SSSR count). The monoisotopic (exact) mass is 358 g/mol. The molecule has 4 nitrogen and oxygen atoms in total. The van der Waals surface area contributed by atoms with Crippen molar-refractivity contribution in [1.29, 1.82) is 0 Å². The molecule has 0 radical (unpaired) electrons. The Morgan fingerprint density at radius 1 is 1.12 bits per heavy atom. The van der Waals surface area contributed by atoms with Gasteiger partial charge in [-0.1, -0.05) is 12.1 Å². The van der Waals surface area contributed by atoms with Crippen molar-refractivity contribution in [2.24, 2.45) is 0 Å². The quantitative estimate of drug-likeness (QED) is 0.888. The minimum Gasteiger partial charge on any atom is -0.372 e. The molecule has 1 fully saturated rings. The molecular formula is C20H26N2O2S. The summed E-state index contributed by atoms with van der Waals surface area (Å²) in [5.41, 5.74) is 1.94. The van der Waals surface area contributed by atoms with Gasteiger partial charge in [-0.2, -0.15) is 0 Å². The van der Waals surface area contributed by atoms with Gasteiger partial charge in [-0.15, -0.1) is 11.3 Å². The van der Waals surface area contributed by atoms with Gasteiger partial charge in [0.05, 0.1) is 12.2 Å². The van der Waals surface area contributed by atoms with Crippen LogP contribution in [0.4, 0.5) is 0 Å². The Morgan fingerprint density at radius 3 is 2.40 bits per heavy atom. The molecule has 2 unspecified atom stereocenters. The van der Waals surface area contributed by atoms with Crippen LogP contribution < -0.4 is 5.32 Å². The standard InChI is InChI=1S/C20H26N2O2S/c1-14-12-22(13-15(2)24-14)20(23)18-7-5-17(6-8-18)10-21-11-19-9-4-16(3)25-19/h4-9,14-15,21H,10-13H2,1-3H3.